The minimum absolute atomic E-state index is 0.228. The zero-order chi connectivity index (χ0) is 17.4. The maximum Gasteiger partial charge on any atom is 0.256 e. The molecule has 0 heterocycles. The predicted molar refractivity (Wildman–Crippen MR) is 86.1 cm³/mol. The molecule has 4 atom stereocenters. The molecular formula is C16H13ClN2O5. The second-order valence-corrected chi connectivity index (χ2v) is 6.09. The van der Waals surface area contributed by atoms with Crippen molar-refractivity contribution in [1.82, 2.24) is 0 Å². The van der Waals surface area contributed by atoms with Crippen molar-refractivity contribution in [3.63, 3.8) is 0 Å². The number of hydrogen-bond donors (Lipinski definition) is 1. The van der Waals surface area contributed by atoms with Gasteiger partial charge in [-0.25, -0.2) is 0 Å². The summed E-state index contributed by atoms with van der Waals surface area (Å²) in [7, 11) is 0. The molecule has 7 nitrogen and oxygen atoms in total. The van der Waals surface area contributed by atoms with E-state index in [-0.39, 0.29) is 5.56 Å². The highest BCUT2D eigenvalue weighted by molar-refractivity contribution is 6.30. The Hall–Kier alpha value is -2.51. The van der Waals surface area contributed by atoms with Gasteiger partial charge in [0.1, 0.15) is 12.0 Å². The van der Waals surface area contributed by atoms with E-state index < -0.39 is 34.0 Å². The molecule has 0 amide bonds. The third kappa shape index (κ3) is 2.61. The molecule has 0 spiro atoms. The molecule has 0 fully saturated rings. The number of halogens is 1. The van der Waals surface area contributed by atoms with Crippen LogP contribution in [0.4, 0.5) is 0 Å². The molecule has 0 saturated carbocycles. The van der Waals surface area contributed by atoms with Gasteiger partial charge in [-0.3, -0.25) is 20.2 Å². The molecule has 0 saturated heterocycles. The SMILES string of the molecule is O=[N+]([O-])[C@H]1[C@H](c2ccc(Cl)cc2)[C@@H]([N+](=O)[O-])c2ccccc2[C@H]1O. The van der Waals surface area contributed by atoms with Gasteiger partial charge >= 0.3 is 0 Å². The van der Waals surface area contributed by atoms with Crippen LogP contribution in [0, 0.1) is 20.2 Å². The number of aliphatic hydroxyl groups is 1. The van der Waals surface area contributed by atoms with E-state index in [9.17, 15) is 25.3 Å². The molecule has 3 rings (SSSR count). The van der Waals surface area contributed by atoms with Crippen LogP contribution in [0.15, 0.2) is 48.5 Å². The first kappa shape index (κ1) is 16.4. The molecule has 0 radical (unpaired) electrons. The van der Waals surface area contributed by atoms with Crippen molar-refractivity contribution in [3.05, 3.63) is 90.5 Å². The van der Waals surface area contributed by atoms with Gasteiger partial charge in [-0.1, -0.05) is 48.0 Å². The van der Waals surface area contributed by atoms with Crippen LogP contribution in [0.2, 0.25) is 5.02 Å². The third-order valence-corrected chi connectivity index (χ3v) is 4.64. The average Bonchev–Trinajstić information content (AvgIpc) is 2.54. The second kappa shape index (κ2) is 6.18. The molecule has 2 aromatic carbocycles. The van der Waals surface area contributed by atoms with Gasteiger partial charge in [0, 0.05) is 20.4 Å². The van der Waals surface area contributed by atoms with Crippen LogP contribution in [-0.2, 0) is 0 Å². The van der Waals surface area contributed by atoms with Crippen LogP contribution >= 0.6 is 11.6 Å². The first-order valence-electron chi connectivity index (χ1n) is 7.21. The van der Waals surface area contributed by atoms with E-state index in [2.05, 4.69) is 0 Å². The predicted octanol–water partition coefficient (Wildman–Crippen LogP) is 3.13. The number of nitro groups is 2. The molecule has 8 heteroatoms. The fourth-order valence-electron chi connectivity index (χ4n) is 3.37. The normalized spacial score (nSPS) is 25.8. The van der Waals surface area contributed by atoms with Crippen LogP contribution in [0.3, 0.4) is 0 Å². The number of rotatable bonds is 3. The fraction of sp³-hybridized carbons (Fsp3) is 0.250. The first-order chi connectivity index (χ1) is 11.4. The van der Waals surface area contributed by atoms with E-state index in [0.29, 0.717) is 16.1 Å². The van der Waals surface area contributed by atoms with Crippen molar-refractivity contribution in [1.29, 1.82) is 0 Å². The summed E-state index contributed by atoms with van der Waals surface area (Å²) in [5.41, 5.74) is 0.926. The van der Waals surface area contributed by atoms with Gasteiger partial charge < -0.3 is 5.11 Å². The number of nitrogens with zero attached hydrogens (tertiary/aromatic N) is 2. The molecule has 2 aromatic rings. The van der Waals surface area contributed by atoms with Gasteiger partial charge in [0.25, 0.3) is 12.1 Å². The van der Waals surface area contributed by atoms with E-state index in [1.165, 1.54) is 36.4 Å². The van der Waals surface area contributed by atoms with E-state index in [1.807, 2.05) is 0 Å². The third-order valence-electron chi connectivity index (χ3n) is 4.39. The highest BCUT2D eigenvalue weighted by Gasteiger charge is 2.55. The summed E-state index contributed by atoms with van der Waals surface area (Å²) in [4.78, 5) is 22.1. The number of benzene rings is 2. The minimum Gasteiger partial charge on any atom is -0.381 e. The van der Waals surface area contributed by atoms with Crippen molar-refractivity contribution >= 4 is 11.6 Å². The van der Waals surface area contributed by atoms with Crippen molar-refractivity contribution in [2.24, 2.45) is 0 Å². The zero-order valence-electron chi connectivity index (χ0n) is 12.3. The van der Waals surface area contributed by atoms with Crippen LogP contribution in [-0.4, -0.2) is 21.0 Å². The maximum absolute atomic E-state index is 11.7. The van der Waals surface area contributed by atoms with Crippen LogP contribution in [0.1, 0.15) is 34.8 Å². The van der Waals surface area contributed by atoms with E-state index >= 15 is 0 Å². The molecule has 24 heavy (non-hydrogen) atoms. The lowest BCUT2D eigenvalue weighted by Gasteiger charge is -2.33. The zero-order valence-corrected chi connectivity index (χ0v) is 13.0. The number of hydrogen-bond acceptors (Lipinski definition) is 5. The molecule has 0 bridgehead atoms. The number of aliphatic hydroxyl groups excluding tert-OH is 1. The molecular weight excluding hydrogens is 336 g/mol. The smallest absolute Gasteiger partial charge is 0.256 e. The Morgan fingerprint density at radius 1 is 0.917 bits per heavy atom. The maximum atomic E-state index is 11.7. The summed E-state index contributed by atoms with van der Waals surface area (Å²) in [6.07, 6.45) is -1.42. The summed E-state index contributed by atoms with van der Waals surface area (Å²) in [6.45, 7) is 0. The summed E-state index contributed by atoms with van der Waals surface area (Å²) in [6, 6.07) is 9.51. The Morgan fingerprint density at radius 2 is 1.50 bits per heavy atom. The Bertz CT molecular complexity index is 795. The van der Waals surface area contributed by atoms with E-state index in [0.717, 1.165) is 0 Å². The van der Waals surface area contributed by atoms with Crippen molar-refractivity contribution in [2.45, 2.75) is 24.1 Å². The molecule has 0 unspecified atom stereocenters. The summed E-state index contributed by atoms with van der Waals surface area (Å²) in [5.74, 6) is -1.10. The first-order valence-corrected chi connectivity index (χ1v) is 7.59. The van der Waals surface area contributed by atoms with E-state index in [1.54, 1.807) is 12.1 Å². The Balaban J connectivity index is 2.24. The lowest BCUT2D eigenvalue weighted by atomic mass is 9.72. The lowest BCUT2D eigenvalue weighted by molar-refractivity contribution is -0.582. The standard InChI is InChI=1S/C16H13ClN2O5/c17-10-7-5-9(6-8-10)13-14(18(21)22)11-3-1-2-4-12(11)16(20)15(13)19(23)24/h1-8,13-16,20H/t13-,14+,15+,16-/m1/s1. The van der Waals surface area contributed by atoms with Gasteiger partial charge in [0.05, 0.1) is 0 Å². The van der Waals surface area contributed by atoms with Crippen molar-refractivity contribution < 1.29 is 15.0 Å². The minimum atomic E-state index is -1.52. The molecule has 124 valence electrons. The highest BCUT2D eigenvalue weighted by Crippen LogP contribution is 2.48. The fourth-order valence-corrected chi connectivity index (χ4v) is 3.49. The summed E-state index contributed by atoms with van der Waals surface area (Å²) >= 11 is 5.84. The largest absolute Gasteiger partial charge is 0.381 e. The van der Waals surface area contributed by atoms with Gasteiger partial charge in [-0.15, -0.1) is 0 Å². The van der Waals surface area contributed by atoms with Crippen molar-refractivity contribution in [3.8, 4) is 0 Å². The lowest BCUT2D eigenvalue weighted by Crippen LogP contribution is -2.43. The molecule has 0 aliphatic heterocycles. The van der Waals surface area contributed by atoms with Crippen molar-refractivity contribution in [2.75, 3.05) is 0 Å². The van der Waals surface area contributed by atoms with Gasteiger partial charge in [-0.2, -0.15) is 0 Å². The Labute approximate surface area is 141 Å². The molecule has 1 aliphatic carbocycles. The number of fused-ring (bicyclic) bond motifs is 1. The van der Waals surface area contributed by atoms with Crippen LogP contribution in [0.25, 0.3) is 0 Å². The topological polar surface area (TPSA) is 107 Å². The summed E-state index contributed by atoms with van der Waals surface area (Å²) < 4.78 is 0. The molecule has 1 aliphatic rings. The molecule has 1 N–H and O–H groups in total. The highest BCUT2D eigenvalue weighted by atomic mass is 35.5. The quantitative estimate of drug-likeness (QED) is 0.677. The second-order valence-electron chi connectivity index (χ2n) is 5.66. The van der Waals surface area contributed by atoms with Crippen LogP contribution < -0.4 is 0 Å². The van der Waals surface area contributed by atoms with Gasteiger partial charge in [0.2, 0.25) is 0 Å². The molecule has 0 aromatic heterocycles. The Kier molecular flexibility index (Phi) is 4.21. The average molecular weight is 349 g/mol. The Morgan fingerprint density at radius 3 is 2.04 bits per heavy atom. The monoisotopic (exact) mass is 348 g/mol. The van der Waals surface area contributed by atoms with Gasteiger partial charge in [0.15, 0.2) is 0 Å². The van der Waals surface area contributed by atoms with Crippen LogP contribution in [0.5, 0.6) is 0 Å². The van der Waals surface area contributed by atoms with Gasteiger partial charge in [-0.05, 0) is 23.3 Å². The summed E-state index contributed by atoms with van der Waals surface area (Å²) in [5, 5.41) is 34.2. The van der Waals surface area contributed by atoms with E-state index in [4.69, 9.17) is 11.6 Å².